The van der Waals surface area contributed by atoms with Crippen molar-refractivity contribution in [2.45, 2.75) is 39.2 Å². The maximum atomic E-state index is 13.1. The van der Waals surface area contributed by atoms with E-state index in [1.54, 1.807) is 0 Å². The lowest BCUT2D eigenvalue weighted by atomic mass is 10.1. The van der Waals surface area contributed by atoms with Crippen molar-refractivity contribution in [3.63, 3.8) is 0 Å². The third kappa shape index (κ3) is 6.64. The molecule has 0 saturated carbocycles. The molecule has 0 radical (unpaired) electrons. The molecule has 0 spiro atoms. The minimum Gasteiger partial charge on any atom is -0.380 e. The summed E-state index contributed by atoms with van der Waals surface area (Å²) in [6, 6.07) is 3.74. The highest BCUT2D eigenvalue weighted by Crippen LogP contribution is 2.10. The molecule has 4 heteroatoms. The second-order valence-electron chi connectivity index (χ2n) is 4.71. The van der Waals surface area contributed by atoms with Crippen LogP contribution in [0.4, 0.5) is 8.78 Å². The predicted octanol–water partition coefficient (Wildman–Crippen LogP) is 3.30. The summed E-state index contributed by atoms with van der Waals surface area (Å²) in [5.74, 6) is -1.06. The second-order valence-corrected chi connectivity index (χ2v) is 4.71. The van der Waals surface area contributed by atoms with Crippen molar-refractivity contribution in [3.8, 4) is 0 Å². The van der Waals surface area contributed by atoms with Gasteiger partial charge in [0.15, 0.2) is 0 Å². The zero-order valence-corrected chi connectivity index (χ0v) is 11.7. The van der Waals surface area contributed by atoms with Gasteiger partial charge in [-0.1, -0.05) is 13.8 Å². The van der Waals surface area contributed by atoms with E-state index in [-0.39, 0.29) is 6.04 Å². The van der Waals surface area contributed by atoms with Crippen LogP contribution in [0.5, 0.6) is 0 Å². The molecule has 0 bridgehead atoms. The monoisotopic (exact) mass is 271 g/mol. The standard InChI is InChI=1S/C15H23F2NO/c1-3-5-18-15(11-19-6-4-2)9-12-7-13(16)10-14(17)8-12/h7-8,10,15,18H,3-6,9,11H2,1-2H3. The van der Waals surface area contributed by atoms with Crippen LogP contribution >= 0.6 is 0 Å². The van der Waals surface area contributed by atoms with E-state index >= 15 is 0 Å². The number of nitrogens with one attached hydrogen (secondary N) is 1. The molecule has 19 heavy (non-hydrogen) atoms. The molecule has 1 N–H and O–H groups in total. The Morgan fingerprint density at radius 2 is 1.79 bits per heavy atom. The Kier molecular flexibility index (Phi) is 7.60. The minimum atomic E-state index is -0.529. The summed E-state index contributed by atoms with van der Waals surface area (Å²) < 4.78 is 31.8. The molecule has 0 aliphatic rings. The van der Waals surface area contributed by atoms with Gasteiger partial charge in [0, 0.05) is 18.7 Å². The van der Waals surface area contributed by atoms with Gasteiger partial charge in [-0.05, 0) is 43.5 Å². The highest BCUT2D eigenvalue weighted by Gasteiger charge is 2.10. The summed E-state index contributed by atoms with van der Waals surface area (Å²) >= 11 is 0. The molecule has 0 fully saturated rings. The van der Waals surface area contributed by atoms with Crippen molar-refractivity contribution < 1.29 is 13.5 Å². The lowest BCUT2D eigenvalue weighted by Gasteiger charge is -2.18. The molecule has 1 rings (SSSR count). The summed E-state index contributed by atoms with van der Waals surface area (Å²) in [5.41, 5.74) is 0.659. The molecule has 0 saturated heterocycles. The molecule has 108 valence electrons. The van der Waals surface area contributed by atoms with E-state index in [9.17, 15) is 8.78 Å². The Hall–Kier alpha value is -1.00. The summed E-state index contributed by atoms with van der Waals surface area (Å²) in [6.07, 6.45) is 2.55. The number of benzene rings is 1. The highest BCUT2D eigenvalue weighted by molar-refractivity contribution is 5.19. The first kappa shape index (κ1) is 16.1. The van der Waals surface area contributed by atoms with Crippen molar-refractivity contribution in [2.75, 3.05) is 19.8 Å². The van der Waals surface area contributed by atoms with Crippen LogP contribution < -0.4 is 5.32 Å². The molecule has 0 aliphatic carbocycles. The number of hydrogen-bond donors (Lipinski definition) is 1. The maximum absolute atomic E-state index is 13.1. The number of rotatable bonds is 9. The Morgan fingerprint density at radius 1 is 1.11 bits per heavy atom. The van der Waals surface area contributed by atoms with Gasteiger partial charge in [0.05, 0.1) is 6.61 Å². The van der Waals surface area contributed by atoms with E-state index in [1.807, 2.05) is 0 Å². The Morgan fingerprint density at radius 3 is 2.37 bits per heavy atom. The van der Waals surface area contributed by atoms with E-state index in [0.717, 1.165) is 25.5 Å². The van der Waals surface area contributed by atoms with Gasteiger partial charge in [-0.15, -0.1) is 0 Å². The Bertz CT molecular complexity index is 351. The molecular weight excluding hydrogens is 248 g/mol. The van der Waals surface area contributed by atoms with Crippen molar-refractivity contribution in [1.29, 1.82) is 0 Å². The predicted molar refractivity (Wildman–Crippen MR) is 73.3 cm³/mol. The van der Waals surface area contributed by atoms with Crippen LogP contribution in [0.2, 0.25) is 0 Å². The molecular formula is C15H23F2NO. The highest BCUT2D eigenvalue weighted by atomic mass is 19.1. The van der Waals surface area contributed by atoms with E-state index in [2.05, 4.69) is 19.2 Å². The zero-order chi connectivity index (χ0) is 14.1. The Labute approximate surface area is 114 Å². The summed E-state index contributed by atoms with van der Waals surface area (Å²) in [7, 11) is 0. The maximum Gasteiger partial charge on any atom is 0.126 e. The quantitative estimate of drug-likeness (QED) is 0.696. The SMILES string of the molecule is CCCNC(COCCC)Cc1cc(F)cc(F)c1. The summed E-state index contributed by atoms with van der Waals surface area (Å²) in [4.78, 5) is 0. The van der Waals surface area contributed by atoms with E-state index in [1.165, 1.54) is 12.1 Å². The van der Waals surface area contributed by atoms with Crippen LogP contribution in [0.25, 0.3) is 0 Å². The first-order chi connectivity index (χ1) is 9.15. The normalized spacial score (nSPS) is 12.6. The van der Waals surface area contributed by atoms with Crippen molar-refractivity contribution >= 4 is 0 Å². The van der Waals surface area contributed by atoms with Crippen LogP contribution in [0.1, 0.15) is 32.3 Å². The van der Waals surface area contributed by atoms with Gasteiger partial charge in [-0.2, -0.15) is 0 Å². The van der Waals surface area contributed by atoms with Crippen LogP contribution in [0.15, 0.2) is 18.2 Å². The lowest BCUT2D eigenvalue weighted by Crippen LogP contribution is -2.36. The first-order valence-electron chi connectivity index (χ1n) is 6.91. The van der Waals surface area contributed by atoms with Gasteiger partial charge in [0.25, 0.3) is 0 Å². The van der Waals surface area contributed by atoms with Gasteiger partial charge in [0.2, 0.25) is 0 Å². The van der Waals surface area contributed by atoms with Crippen LogP contribution in [-0.4, -0.2) is 25.8 Å². The van der Waals surface area contributed by atoms with Crippen LogP contribution in [0, 0.1) is 11.6 Å². The average molecular weight is 271 g/mol. The molecule has 1 unspecified atom stereocenters. The molecule has 1 aromatic carbocycles. The van der Waals surface area contributed by atoms with Gasteiger partial charge in [0.1, 0.15) is 11.6 Å². The minimum absolute atomic E-state index is 0.0905. The van der Waals surface area contributed by atoms with Gasteiger partial charge in [-0.3, -0.25) is 0 Å². The van der Waals surface area contributed by atoms with Gasteiger partial charge in [-0.25, -0.2) is 8.78 Å². The molecule has 0 aromatic heterocycles. The molecule has 0 heterocycles. The van der Waals surface area contributed by atoms with Gasteiger partial charge >= 0.3 is 0 Å². The molecule has 1 aromatic rings. The number of halogens is 2. The molecule has 0 aliphatic heterocycles. The third-order valence-electron chi connectivity index (χ3n) is 2.75. The fourth-order valence-electron chi connectivity index (χ4n) is 1.92. The summed E-state index contributed by atoms with van der Waals surface area (Å²) in [5, 5.41) is 3.35. The van der Waals surface area contributed by atoms with Crippen molar-refractivity contribution in [3.05, 3.63) is 35.4 Å². The van der Waals surface area contributed by atoms with Crippen molar-refractivity contribution in [1.82, 2.24) is 5.32 Å². The number of hydrogen-bond acceptors (Lipinski definition) is 2. The van der Waals surface area contributed by atoms with Crippen molar-refractivity contribution in [2.24, 2.45) is 0 Å². The van der Waals surface area contributed by atoms with Gasteiger partial charge < -0.3 is 10.1 Å². The topological polar surface area (TPSA) is 21.3 Å². The molecule has 1 atom stereocenters. The molecule has 0 amide bonds. The molecule has 2 nitrogen and oxygen atoms in total. The van der Waals surface area contributed by atoms with Crippen LogP contribution in [-0.2, 0) is 11.2 Å². The number of ether oxygens (including phenoxy) is 1. The fourth-order valence-corrected chi connectivity index (χ4v) is 1.92. The second kappa shape index (κ2) is 8.99. The average Bonchev–Trinajstić information content (AvgIpc) is 2.34. The zero-order valence-electron chi connectivity index (χ0n) is 11.7. The van der Waals surface area contributed by atoms with E-state index in [4.69, 9.17) is 4.74 Å². The third-order valence-corrected chi connectivity index (χ3v) is 2.75. The van der Waals surface area contributed by atoms with E-state index < -0.39 is 11.6 Å². The van der Waals surface area contributed by atoms with Crippen LogP contribution in [0.3, 0.4) is 0 Å². The first-order valence-corrected chi connectivity index (χ1v) is 6.91. The lowest BCUT2D eigenvalue weighted by molar-refractivity contribution is 0.111. The largest absolute Gasteiger partial charge is 0.380 e. The smallest absolute Gasteiger partial charge is 0.126 e. The van der Waals surface area contributed by atoms with E-state index in [0.29, 0.717) is 25.2 Å². The fraction of sp³-hybridized carbons (Fsp3) is 0.600. The Balaban J connectivity index is 2.58. The summed E-state index contributed by atoms with van der Waals surface area (Å²) in [6.45, 7) is 6.28.